The van der Waals surface area contributed by atoms with Crippen molar-refractivity contribution < 1.29 is 14.3 Å². The molecule has 138 valence electrons. The maximum atomic E-state index is 13.1. The summed E-state index contributed by atoms with van der Waals surface area (Å²) in [6.45, 7) is 2.63. The first-order valence-electron chi connectivity index (χ1n) is 8.13. The van der Waals surface area contributed by atoms with E-state index in [4.69, 9.17) is 21.1 Å². The average Bonchev–Trinajstić information content (AvgIpc) is 2.87. The van der Waals surface area contributed by atoms with Crippen molar-refractivity contribution in [3.8, 4) is 11.5 Å². The Morgan fingerprint density at radius 3 is 2.46 bits per heavy atom. The van der Waals surface area contributed by atoms with E-state index in [1.807, 2.05) is 31.2 Å². The highest BCUT2D eigenvalue weighted by atomic mass is 35.5. The fourth-order valence-electron chi connectivity index (χ4n) is 3.93. The number of anilines is 1. The molecule has 7 heteroatoms. The van der Waals surface area contributed by atoms with Gasteiger partial charge in [-0.15, -0.1) is 12.4 Å². The quantitative estimate of drug-likeness (QED) is 0.818. The van der Waals surface area contributed by atoms with Crippen molar-refractivity contribution in [3.05, 3.63) is 51.5 Å². The minimum Gasteiger partial charge on any atom is -0.493 e. The van der Waals surface area contributed by atoms with E-state index in [0.717, 1.165) is 34.4 Å². The van der Waals surface area contributed by atoms with Crippen LogP contribution in [0.1, 0.15) is 22.3 Å². The number of nitrogens with one attached hydrogen (secondary N) is 2. The Kier molecular flexibility index (Phi) is 4.82. The Labute approximate surface area is 163 Å². The number of ether oxygens (including phenoxy) is 2. The summed E-state index contributed by atoms with van der Waals surface area (Å²) >= 11 is 6.30. The molecule has 4 rings (SSSR count). The van der Waals surface area contributed by atoms with Crippen LogP contribution in [0, 0.1) is 6.92 Å². The first-order valence-corrected chi connectivity index (χ1v) is 8.51. The number of fused-ring (bicyclic) bond motifs is 4. The first kappa shape index (κ1) is 18.8. The van der Waals surface area contributed by atoms with Crippen molar-refractivity contribution in [2.75, 3.05) is 26.1 Å². The number of amides is 1. The Hall–Kier alpha value is -1.95. The van der Waals surface area contributed by atoms with E-state index in [-0.39, 0.29) is 18.3 Å². The number of benzene rings is 2. The highest BCUT2D eigenvalue weighted by molar-refractivity contribution is 6.31. The third kappa shape index (κ3) is 2.46. The molecule has 0 aliphatic carbocycles. The molecule has 2 heterocycles. The summed E-state index contributed by atoms with van der Waals surface area (Å²) < 4.78 is 10.9. The van der Waals surface area contributed by atoms with Crippen LogP contribution in [0.5, 0.6) is 11.5 Å². The molecule has 2 aromatic carbocycles. The Morgan fingerprint density at radius 1 is 1.08 bits per heavy atom. The molecule has 1 atom stereocenters. The molecule has 0 saturated heterocycles. The smallest absolute Gasteiger partial charge is 0.254 e. The van der Waals surface area contributed by atoms with Gasteiger partial charge in [0.15, 0.2) is 17.0 Å². The van der Waals surface area contributed by atoms with Gasteiger partial charge in [-0.3, -0.25) is 10.1 Å². The van der Waals surface area contributed by atoms with Crippen molar-refractivity contribution >= 4 is 35.6 Å². The molecular weight excluding hydrogens is 375 g/mol. The molecule has 0 aromatic heterocycles. The topological polar surface area (TPSA) is 59.6 Å². The van der Waals surface area contributed by atoms with Crippen LogP contribution >= 0.6 is 24.0 Å². The van der Waals surface area contributed by atoms with Gasteiger partial charge in [0.2, 0.25) is 0 Å². The third-order valence-corrected chi connectivity index (χ3v) is 5.30. The molecule has 1 amide bonds. The van der Waals surface area contributed by atoms with E-state index >= 15 is 0 Å². The molecule has 1 unspecified atom stereocenters. The summed E-state index contributed by atoms with van der Waals surface area (Å²) in [7, 11) is 3.21. The number of carbonyl (C=O) groups is 1. The number of rotatable bonds is 2. The van der Waals surface area contributed by atoms with Crippen LogP contribution in [0.4, 0.5) is 5.69 Å². The first-order chi connectivity index (χ1) is 12.0. The monoisotopic (exact) mass is 394 g/mol. The minimum atomic E-state index is -0.960. The predicted molar refractivity (Wildman–Crippen MR) is 104 cm³/mol. The molecule has 0 fully saturated rings. The molecule has 0 saturated carbocycles. The van der Waals surface area contributed by atoms with Crippen LogP contribution in [0.15, 0.2) is 24.3 Å². The van der Waals surface area contributed by atoms with Gasteiger partial charge in [-0.1, -0.05) is 11.6 Å². The van der Waals surface area contributed by atoms with E-state index in [2.05, 4.69) is 10.6 Å². The van der Waals surface area contributed by atoms with Gasteiger partial charge in [0, 0.05) is 22.8 Å². The van der Waals surface area contributed by atoms with E-state index in [1.54, 1.807) is 14.2 Å². The maximum Gasteiger partial charge on any atom is 0.254 e. The largest absolute Gasteiger partial charge is 0.493 e. The fourth-order valence-corrected chi connectivity index (χ4v) is 4.21. The standard InChI is InChI=1S/C19H19ClN2O3.ClH/c1-10-6-12(20)8-14-17(10)22-18(23)19(14)13-9-16(25-3)15(24-2)7-11(13)4-5-21-19;/h6-9,21H,4-5H2,1-3H3,(H,22,23);1H. The third-order valence-electron chi connectivity index (χ3n) is 5.08. The predicted octanol–water partition coefficient (Wildman–Crippen LogP) is 3.43. The zero-order chi connectivity index (χ0) is 17.8. The van der Waals surface area contributed by atoms with Crippen LogP contribution in [0.25, 0.3) is 0 Å². The Balaban J connectivity index is 0.00000196. The fraction of sp³-hybridized carbons (Fsp3) is 0.316. The minimum absolute atomic E-state index is 0. The number of halogens is 2. The molecular formula is C19H20Cl2N2O3. The lowest BCUT2D eigenvalue weighted by Crippen LogP contribution is -2.52. The number of hydrogen-bond acceptors (Lipinski definition) is 4. The summed E-state index contributed by atoms with van der Waals surface area (Å²) in [5.41, 5.74) is 3.62. The maximum absolute atomic E-state index is 13.1. The molecule has 26 heavy (non-hydrogen) atoms. The van der Waals surface area contributed by atoms with Crippen molar-refractivity contribution in [3.63, 3.8) is 0 Å². The lowest BCUT2D eigenvalue weighted by Gasteiger charge is -2.36. The summed E-state index contributed by atoms with van der Waals surface area (Å²) in [6, 6.07) is 7.57. The molecule has 0 bridgehead atoms. The van der Waals surface area contributed by atoms with Crippen molar-refractivity contribution in [2.24, 2.45) is 0 Å². The summed E-state index contributed by atoms with van der Waals surface area (Å²) in [6.07, 6.45) is 0.805. The van der Waals surface area contributed by atoms with E-state index in [9.17, 15) is 4.79 Å². The van der Waals surface area contributed by atoms with Gasteiger partial charge in [0.1, 0.15) is 0 Å². The molecule has 2 aromatic rings. The van der Waals surface area contributed by atoms with Crippen molar-refractivity contribution in [2.45, 2.75) is 18.9 Å². The van der Waals surface area contributed by atoms with Gasteiger partial charge >= 0.3 is 0 Å². The van der Waals surface area contributed by atoms with E-state index in [1.165, 1.54) is 0 Å². The number of aryl methyl sites for hydroxylation is 1. The van der Waals surface area contributed by atoms with E-state index < -0.39 is 5.54 Å². The van der Waals surface area contributed by atoms with Crippen molar-refractivity contribution in [1.82, 2.24) is 5.32 Å². The highest BCUT2D eigenvalue weighted by Crippen LogP contribution is 2.48. The molecule has 2 aliphatic rings. The normalized spacial score (nSPS) is 20.1. The highest BCUT2D eigenvalue weighted by Gasteiger charge is 2.51. The zero-order valence-corrected chi connectivity index (χ0v) is 16.3. The second-order valence-electron chi connectivity index (χ2n) is 6.39. The molecule has 0 radical (unpaired) electrons. The van der Waals surface area contributed by atoms with Crippen LogP contribution in [0.3, 0.4) is 0 Å². The summed E-state index contributed by atoms with van der Waals surface area (Å²) in [5, 5.41) is 7.07. The summed E-state index contributed by atoms with van der Waals surface area (Å²) in [5.74, 6) is 1.17. The van der Waals surface area contributed by atoms with Gasteiger partial charge in [0.25, 0.3) is 5.91 Å². The van der Waals surface area contributed by atoms with Gasteiger partial charge in [-0.25, -0.2) is 0 Å². The lowest BCUT2D eigenvalue weighted by atomic mass is 9.77. The van der Waals surface area contributed by atoms with Crippen LogP contribution in [0.2, 0.25) is 5.02 Å². The second-order valence-corrected chi connectivity index (χ2v) is 6.83. The van der Waals surface area contributed by atoms with Crippen LogP contribution < -0.4 is 20.1 Å². The van der Waals surface area contributed by atoms with Gasteiger partial charge in [0.05, 0.1) is 14.2 Å². The second kappa shape index (κ2) is 6.65. The average molecular weight is 395 g/mol. The Morgan fingerprint density at radius 2 is 1.77 bits per heavy atom. The lowest BCUT2D eigenvalue weighted by molar-refractivity contribution is -0.120. The van der Waals surface area contributed by atoms with E-state index in [0.29, 0.717) is 23.1 Å². The molecule has 2 N–H and O–H groups in total. The van der Waals surface area contributed by atoms with Crippen LogP contribution in [-0.2, 0) is 16.8 Å². The zero-order valence-electron chi connectivity index (χ0n) is 14.7. The Bertz CT molecular complexity index is 901. The van der Waals surface area contributed by atoms with Gasteiger partial charge in [-0.2, -0.15) is 0 Å². The van der Waals surface area contributed by atoms with Gasteiger partial charge in [-0.05, 0) is 54.3 Å². The number of methoxy groups -OCH3 is 2. The SMILES string of the molecule is COc1cc2c(cc1OC)C1(NCC2)C(=O)Nc2c(C)cc(Cl)cc21.Cl. The van der Waals surface area contributed by atoms with Crippen molar-refractivity contribution in [1.29, 1.82) is 0 Å². The number of hydrogen-bond donors (Lipinski definition) is 2. The summed E-state index contributed by atoms with van der Waals surface area (Å²) in [4.78, 5) is 13.1. The van der Waals surface area contributed by atoms with Crippen LogP contribution in [-0.4, -0.2) is 26.7 Å². The van der Waals surface area contributed by atoms with Gasteiger partial charge < -0.3 is 14.8 Å². The number of carbonyl (C=O) groups excluding carboxylic acids is 1. The molecule has 5 nitrogen and oxygen atoms in total. The molecule has 2 aliphatic heterocycles. The molecule has 1 spiro atoms.